The Morgan fingerprint density at radius 3 is 3.00 bits per heavy atom. The highest BCUT2D eigenvalue weighted by Crippen LogP contribution is 2.25. The van der Waals surface area contributed by atoms with Crippen molar-refractivity contribution in [2.24, 2.45) is 5.92 Å². The van der Waals surface area contributed by atoms with Gasteiger partial charge in [0, 0.05) is 0 Å². The molecule has 1 fully saturated rings. The van der Waals surface area contributed by atoms with Gasteiger partial charge in [-0.05, 0) is 31.6 Å². The van der Waals surface area contributed by atoms with Crippen LogP contribution in [0.25, 0.3) is 0 Å². The average molecular weight is 122 g/mol. The van der Waals surface area contributed by atoms with Gasteiger partial charge in [-0.15, -0.1) is 6.58 Å². The third-order valence-electron chi connectivity index (χ3n) is 1.86. The van der Waals surface area contributed by atoms with Crippen LogP contribution >= 0.6 is 0 Å². The zero-order chi connectivity index (χ0) is 6.53. The third kappa shape index (κ3) is 2.21. The summed E-state index contributed by atoms with van der Waals surface area (Å²) < 4.78 is 0. The van der Waals surface area contributed by atoms with E-state index in [2.05, 4.69) is 13.0 Å². The van der Waals surface area contributed by atoms with Crippen molar-refractivity contribution in [1.82, 2.24) is 0 Å². The summed E-state index contributed by atoms with van der Waals surface area (Å²) in [7, 11) is 0. The molecule has 1 aliphatic rings. The van der Waals surface area contributed by atoms with E-state index in [1.54, 1.807) is 0 Å². The van der Waals surface area contributed by atoms with Gasteiger partial charge in [0.1, 0.15) is 0 Å². The fourth-order valence-corrected chi connectivity index (χ4v) is 1.33. The molecule has 0 spiro atoms. The van der Waals surface area contributed by atoms with Gasteiger partial charge in [-0.2, -0.15) is 0 Å². The van der Waals surface area contributed by atoms with Gasteiger partial charge in [0.05, 0.1) is 0 Å². The first-order chi connectivity index (χ1) is 4.43. The van der Waals surface area contributed by atoms with Crippen LogP contribution in [0.2, 0.25) is 0 Å². The quantitative estimate of drug-likeness (QED) is 0.494. The molecular weight excluding hydrogens is 108 g/mol. The fraction of sp³-hybridized carbons (Fsp3) is 0.667. The lowest BCUT2D eigenvalue weighted by molar-refractivity contribution is 0.450. The molecule has 0 heterocycles. The monoisotopic (exact) mass is 122 g/mol. The SMILES string of the molecule is C=CCC1[C]CCCC1. The van der Waals surface area contributed by atoms with Gasteiger partial charge in [0.2, 0.25) is 0 Å². The van der Waals surface area contributed by atoms with Crippen LogP contribution in [0.15, 0.2) is 12.7 Å². The van der Waals surface area contributed by atoms with E-state index in [0.717, 1.165) is 12.3 Å². The van der Waals surface area contributed by atoms with Gasteiger partial charge in [0.25, 0.3) is 0 Å². The van der Waals surface area contributed by atoms with Crippen molar-refractivity contribution in [3.8, 4) is 0 Å². The van der Waals surface area contributed by atoms with Crippen molar-refractivity contribution in [1.29, 1.82) is 0 Å². The first-order valence-electron chi connectivity index (χ1n) is 3.78. The fourth-order valence-electron chi connectivity index (χ4n) is 1.33. The van der Waals surface area contributed by atoms with E-state index in [0.29, 0.717) is 0 Å². The molecule has 0 heteroatoms. The summed E-state index contributed by atoms with van der Waals surface area (Å²) in [6.45, 7) is 3.71. The molecule has 1 rings (SSSR count). The molecule has 0 aromatic carbocycles. The Morgan fingerprint density at radius 2 is 2.44 bits per heavy atom. The summed E-state index contributed by atoms with van der Waals surface area (Å²) in [4.78, 5) is 0. The standard InChI is InChI=1S/C9H14/c1-2-6-9-7-4-3-5-8-9/h2,9H,1,3-7H2. The molecule has 1 saturated carbocycles. The Kier molecular flexibility index (Phi) is 2.82. The maximum atomic E-state index is 3.71. The third-order valence-corrected chi connectivity index (χ3v) is 1.86. The molecule has 0 nitrogen and oxygen atoms in total. The molecule has 0 bridgehead atoms. The Labute approximate surface area is 58.0 Å². The number of hydrogen-bond acceptors (Lipinski definition) is 0. The molecule has 0 aromatic rings. The predicted octanol–water partition coefficient (Wildman–Crippen LogP) is 2.83. The second-order valence-corrected chi connectivity index (χ2v) is 2.67. The Hall–Kier alpha value is -0.260. The molecule has 0 amide bonds. The van der Waals surface area contributed by atoms with E-state index in [9.17, 15) is 0 Å². The number of rotatable bonds is 2. The predicted molar refractivity (Wildman–Crippen MR) is 40.0 cm³/mol. The second kappa shape index (κ2) is 3.71. The average Bonchev–Trinajstić information content (AvgIpc) is 1.91. The van der Waals surface area contributed by atoms with Crippen LogP contribution in [-0.2, 0) is 0 Å². The highest BCUT2D eigenvalue weighted by Gasteiger charge is 2.11. The van der Waals surface area contributed by atoms with Crippen molar-refractivity contribution in [2.45, 2.75) is 32.1 Å². The molecule has 0 aliphatic heterocycles. The number of hydrogen-bond donors (Lipinski definition) is 0. The van der Waals surface area contributed by atoms with Gasteiger partial charge in [-0.3, -0.25) is 0 Å². The van der Waals surface area contributed by atoms with Gasteiger partial charge in [-0.1, -0.05) is 18.9 Å². The molecule has 0 saturated heterocycles. The molecule has 1 atom stereocenters. The molecule has 0 N–H and O–H groups in total. The van der Waals surface area contributed by atoms with E-state index in [4.69, 9.17) is 0 Å². The topological polar surface area (TPSA) is 0 Å². The summed E-state index contributed by atoms with van der Waals surface area (Å²) in [5.41, 5.74) is 0. The van der Waals surface area contributed by atoms with Crippen molar-refractivity contribution >= 4 is 0 Å². The largest absolute Gasteiger partial charge is 0.103 e. The van der Waals surface area contributed by atoms with E-state index >= 15 is 0 Å². The van der Waals surface area contributed by atoms with E-state index < -0.39 is 0 Å². The van der Waals surface area contributed by atoms with Crippen LogP contribution in [0.3, 0.4) is 0 Å². The normalized spacial score (nSPS) is 21.8. The van der Waals surface area contributed by atoms with E-state index in [1.807, 2.05) is 6.08 Å². The molecule has 1 unspecified atom stereocenters. The van der Waals surface area contributed by atoms with E-state index in [-0.39, 0.29) is 0 Å². The lowest BCUT2D eigenvalue weighted by Crippen LogP contribution is -2.05. The first kappa shape index (κ1) is 6.85. The van der Waals surface area contributed by atoms with Crippen LogP contribution in [0.5, 0.6) is 0 Å². The minimum absolute atomic E-state index is 0.733. The van der Waals surface area contributed by atoms with Crippen LogP contribution in [0.1, 0.15) is 32.1 Å². The molecule has 1 aliphatic carbocycles. The molecule has 50 valence electrons. The van der Waals surface area contributed by atoms with Gasteiger partial charge >= 0.3 is 0 Å². The minimum atomic E-state index is 0.733. The van der Waals surface area contributed by atoms with Crippen LogP contribution in [0, 0.1) is 12.3 Å². The van der Waals surface area contributed by atoms with Crippen molar-refractivity contribution in [2.75, 3.05) is 0 Å². The van der Waals surface area contributed by atoms with Crippen LogP contribution < -0.4 is 0 Å². The maximum Gasteiger partial charge on any atom is -0.0136 e. The number of allylic oxidation sites excluding steroid dienone is 1. The lowest BCUT2D eigenvalue weighted by atomic mass is 9.87. The van der Waals surface area contributed by atoms with Crippen LogP contribution in [0.4, 0.5) is 0 Å². The lowest BCUT2D eigenvalue weighted by Gasteiger charge is -2.18. The highest BCUT2D eigenvalue weighted by molar-refractivity contribution is 4.85. The molecular formula is C9H14. The maximum absolute atomic E-state index is 3.71. The highest BCUT2D eigenvalue weighted by atomic mass is 14.2. The zero-order valence-electron chi connectivity index (χ0n) is 5.90. The molecule has 0 aromatic heterocycles. The van der Waals surface area contributed by atoms with Gasteiger partial charge in [0.15, 0.2) is 0 Å². The Balaban J connectivity index is 2.15. The van der Waals surface area contributed by atoms with Crippen LogP contribution in [-0.4, -0.2) is 0 Å². The summed E-state index contributed by atoms with van der Waals surface area (Å²) in [5, 5.41) is 0. The van der Waals surface area contributed by atoms with Gasteiger partial charge in [-0.25, -0.2) is 0 Å². The smallest absolute Gasteiger partial charge is 0.0136 e. The summed E-state index contributed by atoms with van der Waals surface area (Å²) >= 11 is 0. The van der Waals surface area contributed by atoms with Crippen molar-refractivity contribution in [3.05, 3.63) is 19.1 Å². The zero-order valence-corrected chi connectivity index (χ0v) is 5.90. The van der Waals surface area contributed by atoms with Crippen molar-refractivity contribution < 1.29 is 0 Å². The first-order valence-corrected chi connectivity index (χ1v) is 3.78. The van der Waals surface area contributed by atoms with Crippen molar-refractivity contribution in [3.63, 3.8) is 0 Å². The van der Waals surface area contributed by atoms with Gasteiger partial charge < -0.3 is 0 Å². The summed E-state index contributed by atoms with van der Waals surface area (Å²) in [6, 6.07) is 0. The molecule has 2 radical (unpaired) electrons. The molecule has 9 heavy (non-hydrogen) atoms. The summed E-state index contributed by atoms with van der Waals surface area (Å²) in [5.74, 6) is 0.733. The Morgan fingerprint density at radius 1 is 1.56 bits per heavy atom. The second-order valence-electron chi connectivity index (χ2n) is 2.67. The Bertz CT molecular complexity index is 78.0. The summed E-state index contributed by atoms with van der Waals surface area (Å²) in [6.07, 6.45) is 11.9. The minimum Gasteiger partial charge on any atom is -0.103 e. The van der Waals surface area contributed by atoms with E-state index in [1.165, 1.54) is 25.7 Å².